The predicted octanol–water partition coefficient (Wildman–Crippen LogP) is 3.47. The number of rotatable bonds is 4. The van der Waals surface area contributed by atoms with Gasteiger partial charge in [0.05, 0.1) is 0 Å². The minimum Gasteiger partial charge on any atom is -0.385 e. The first-order valence-electron chi connectivity index (χ1n) is 6.54. The molecule has 0 aromatic heterocycles. The molecule has 2 rings (SSSR count). The van der Waals surface area contributed by atoms with Crippen molar-refractivity contribution in [2.75, 3.05) is 6.61 Å². The molecule has 0 amide bonds. The van der Waals surface area contributed by atoms with Crippen LogP contribution in [0, 0.1) is 0 Å². The Bertz CT molecular complexity index is 434. The topological polar surface area (TPSA) is 29.5 Å². The second-order valence-electron chi connectivity index (χ2n) is 6.08. The van der Waals surface area contributed by atoms with E-state index in [1.54, 1.807) is 0 Å². The van der Waals surface area contributed by atoms with Crippen molar-refractivity contribution < 1.29 is 9.84 Å². The van der Waals surface area contributed by atoms with Crippen molar-refractivity contribution in [3.63, 3.8) is 0 Å². The normalized spacial score (nSPS) is 22.9. The van der Waals surface area contributed by atoms with Crippen LogP contribution in [0.3, 0.4) is 0 Å². The fourth-order valence-electron chi connectivity index (χ4n) is 2.06. The van der Waals surface area contributed by atoms with Gasteiger partial charge in [-0.1, -0.05) is 56.1 Å². The third kappa shape index (κ3) is 3.31. The van der Waals surface area contributed by atoms with Gasteiger partial charge in [0.25, 0.3) is 0 Å². The van der Waals surface area contributed by atoms with Crippen molar-refractivity contribution in [3.8, 4) is 0 Å². The first-order valence-corrected chi connectivity index (χ1v) is 10.2. The standard InChI is InChI=1S/C15H22O2Si/c1-18(2,3)11-10-17-14-9-8-12-6-4-5-7-13(12)15(14)16/h4-9,14-16H,10-11H2,1-3H3/t14-,15-/m0/s1. The van der Waals surface area contributed by atoms with Crippen LogP contribution in [-0.2, 0) is 4.74 Å². The fraction of sp³-hybridized carbons (Fsp3) is 0.467. The summed E-state index contributed by atoms with van der Waals surface area (Å²) in [6.07, 6.45) is 3.28. The van der Waals surface area contributed by atoms with Crippen LogP contribution in [0.5, 0.6) is 0 Å². The summed E-state index contributed by atoms with van der Waals surface area (Å²) in [6.45, 7) is 7.74. The molecule has 0 radical (unpaired) electrons. The molecule has 0 heterocycles. The highest BCUT2D eigenvalue weighted by Gasteiger charge is 2.25. The molecule has 1 aromatic carbocycles. The lowest BCUT2D eigenvalue weighted by molar-refractivity contribution is -0.00695. The van der Waals surface area contributed by atoms with E-state index in [1.165, 1.54) is 0 Å². The summed E-state index contributed by atoms with van der Waals surface area (Å²) in [5.74, 6) is 0. The molecular formula is C15H22O2Si. The van der Waals surface area contributed by atoms with Crippen LogP contribution in [0.4, 0.5) is 0 Å². The van der Waals surface area contributed by atoms with Crippen molar-refractivity contribution >= 4 is 14.1 Å². The second-order valence-corrected chi connectivity index (χ2v) is 11.7. The zero-order valence-electron chi connectivity index (χ0n) is 11.4. The summed E-state index contributed by atoms with van der Waals surface area (Å²) in [6, 6.07) is 9.07. The van der Waals surface area contributed by atoms with Gasteiger partial charge in [-0.3, -0.25) is 0 Å². The SMILES string of the molecule is C[Si](C)(C)CCO[C@H]1C=Cc2ccccc2[C@@H]1O. The summed E-state index contributed by atoms with van der Waals surface area (Å²) >= 11 is 0. The van der Waals surface area contributed by atoms with Gasteiger partial charge in [-0.2, -0.15) is 0 Å². The maximum atomic E-state index is 10.3. The number of hydrogen-bond donors (Lipinski definition) is 1. The van der Waals surface area contributed by atoms with Crippen LogP contribution in [0.2, 0.25) is 25.7 Å². The summed E-state index contributed by atoms with van der Waals surface area (Å²) < 4.78 is 5.83. The van der Waals surface area contributed by atoms with Gasteiger partial charge in [-0.05, 0) is 17.2 Å². The van der Waals surface area contributed by atoms with Gasteiger partial charge in [0.15, 0.2) is 0 Å². The fourth-order valence-corrected chi connectivity index (χ4v) is 2.79. The molecule has 1 aromatic rings. The molecule has 1 aliphatic carbocycles. The molecule has 0 aliphatic heterocycles. The van der Waals surface area contributed by atoms with E-state index in [0.29, 0.717) is 0 Å². The smallest absolute Gasteiger partial charge is 0.109 e. The lowest BCUT2D eigenvalue weighted by Gasteiger charge is -2.27. The molecule has 0 saturated carbocycles. The van der Waals surface area contributed by atoms with E-state index in [1.807, 2.05) is 36.4 Å². The first-order chi connectivity index (χ1) is 8.47. The number of ether oxygens (including phenoxy) is 1. The first kappa shape index (κ1) is 13.5. The van der Waals surface area contributed by atoms with Crippen LogP contribution in [0.1, 0.15) is 17.2 Å². The molecule has 0 unspecified atom stereocenters. The van der Waals surface area contributed by atoms with Crippen molar-refractivity contribution in [1.82, 2.24) is 0 Å². The van der Waals surface area contributed by atoms with Crippen molar-refractivity contribution in [1.29, 1.82) is 0 Å². The van der Waals surface area contributed by atoms with E-state index in [0.717, 1.165) is 23.8 Å². The van der Waals surface area contributed by atoms with Gasteiger partial charge in [0, 0.05) is 14.7 Å². The molecule has 0 saturated heterocycles. The zero-order chi connectivity index (χ0) is 13.2. The Kier molecular flexibility index (Phi) is 4.05. The van der Waals surface area contributed by atoms with E-state index in [-0.39, 0.29) is 6.10 Å². The monoisotopic (exact) mass is 262 g/mol. The van der Waals surface area contributed by atoms with Crippen LogP contribution >= 0.6 is 0 Å². The number of fused-ring (bicyclic) bond motifs is 1. The Balaban J connectivity index is 1.97. The molecule has 0 spiro atoms. The van der Waals surface area contributed by atoms with E-state index in [4.69, 9.17) is 4.74 Å². The van der Waals surface area contributed by atoms with E-state index >= 15 is 0 Å². The molecule has 18 heavy (non-hydrogen) atoms. The third-order valence-corrected chi connectivity index (χ3v) is 4.96. The van der Waals surface area contributed by atoms with Crippen LogP contribution in [0.15, 0.2) is 30.3 Å². The van der Waals surface area contributed by atoms with Gasteiger partial charge in [-0.25, -0.2) is 0 Å². The minimum absolute atomic E-state index is 0.198. The zero-order valence-corrected chi connectivity index (χ0v) is 12.4. The molecule has 1 aliphatic rings. The molecular weight excluding hydrogens is 240 g/mol. The molecule has 3 heteroatoms. The van der Waals surface area contributed by atoms with Crippen molar-refractivity contribution in [2.24, 2.45) is 0 Å². The second kappa shape index (κ2) is 5.39. The number of hydrogen-bond acceptors (Lipinski definition) is 2. The van der Waals surface area contributed by atoms with Gasteiger partial charge in [0.2, 0.25) is 0 Å². The maximum absolute atomic E-state index is 10.3. The lowest BCUT2D eigenvalue weighted by Crippen LogP contribution is -2.27. The largest absolute Gasteiger partial charge is 0.385 e. The summed E-state index contributed by atoms with van der Waals surface area (Å²) in [7, 11) is -1.07. The van der Waals surface area contributed by atoms with E-state index in [2.05, 4.69) is 19.6 Å². The Morgan fingerprint density at radius 1 is 1.22 bits per heavy atom. The number of aliphatic hydroxyl groups is 1. The molecule has 98 valence electrons. The summed E-state index contributed by atoms with van der Waals surface area (Å²) in [5.41, 5.74) is 2.06. The molecule has 1 N–H and O–H groups in total. The third-order valence-electron chi connectivity index (χ3n) is 3.25. The summed E-state index contributed by atoms with van der Waals surface area (Å²) in [5, 5.41) is 10.3. The highest BCUT2D eigenvalue weighted by atomic mass is 28.3. The quantitative estimate of drug-likeness (QED) is 0.842. The van der Waals surface area contributed by atoms with Gasteiger partial charge in [-0.15, -0.1) is 0 Å². The van der Waals surface area contributed by atoms with Crippen LogP contribution < -0.4 is 0 Å². The van der Waals surface area contributed by atoms with E-state index in [9.17, 15) is 5.11 Å². The molecule has 0 fully saturated rings. The van der Waals surface area contributed by atoms with Gasteiger partial charge < -0.3 is 9.84 Å². The van der Waals surface area contributed by atoms with Gasteiger partial charge in [0.1, 0.15) is 12.2 Å². The van der Waals surface area contributed by atoms with Gasteiger partial charge >= 0.3 is 0 Å². The van der Waals surface area contributed by atoms with E-state index < -0.39 is 14.2 Å². The number of benzene rings is 1. The molecule has 2 atom stereocenters. The Hall–Kier alpha value is -0.903. The maximum Gasteiger partial charge on any atom is 0.109 e. The predicted molar refractivity (Wildman–Crippen MR) is 78.3 cm³/mol. The highest BCUT2D eigenvalue weighted by molar-refractivity contribution is 6.76. The highest BCUT2D eigenvalue weighted by Crippen LogP contribution is 2.29. The molecule has 2 nitrogen and oxygen atoms in total. The minimum atomic E-state index is -1.07. The summed E-state index contributed by atoms with van der Waals surface area (Å²) in [4.78, 5) is 0. The average Bonchev–Trinajstić information content (AvgIpc) is 2.31. The molecule has 0 bridgehead atoms. The number of aliphatic hydroxyl groups excluding tert-OH is 1. The van der Waals surface area contributed by atoms with Crippen molar-refractivity contribution in [3.05, 3.63) is 41.5 Å². The Labute approximate surface area is 110 Å². The van der Waals surface area contributed by atoms with Crippen molar-refractivity contribution in [2.45, 2.75) is 37.9 Å². The lowest BCUT2D eigenvalue weighted by atomic mass is 9.93. The Morgan fingerprint density at radius 3 is 2.67 bits per heavy atom. The van der Waals surface area contributed by atoms with Crippen LogP contribution in [-0.4, -0.2) is 25.9 Å². The Morgan fingerprint density at radius 2 is 1.94 bits per heavy atom. The average molecular weight is 262 g/mol. The van der Waals surface area contributed by atoms with Crippen LogP contribution in [0.25, 0.3) is 6.08 Å².